The lowest BCUT2D eigenvalue weighted by molar-refractivity contribution is 0.0697. The van der Waals surface area contributed by atoms with Gasteiger partial charge in [0, 0.05) is 23.7 Å². The van der Waals surface area contributed by atoms with Crippen LogP contribution in [0, 0.1) is 13.8 Å². The highest BCUT2D eigenvalue weighted by Crippen LogP contribution is 2.41. The maximum atomic E-state index is 11.8. The summed E-state index contributed by atoms with van der Waals surface area (Å²) in [6.45, 7) is 4.14. The van der Waals surface area contributed by atoms with Crippen molar-refractivity contribution in [3.05, 3.63) is 137 Å². The van der Waals surface area contributed by atoms with Crippen molar-refractivity contribution in [2.75, 3.05) is 5.01 Å². The molecule has 6 rings (SSSR count). The van der Waals surface area contributed by atoms with Crippen LogP contribution in [0.4, 0.5) is 5.69 Å². The van der Waals surface area contributed by atoms with Gasteiger partial charge < -0.3 is 5.11 Å². The summed E-state index contributed by atoms with van der Waals surface area (Å²) in [6, 6.07) is 33.6. The second kappa shape index (κ2) is 10.1. The molecule has 0 spiro atoms. The molecule has 2 heterocycles. The van der Waals surface area contributed by atoms with E-state index in [2.05, 4.69) is 68.6 Å². The number of carboxylic acids is 1. The number of hydrogen-bond donors (Lipinski definition) is 1. The molecule has 0 fully saturated rings. The van der Waals surface area contributed by atoms with Crippen molar-refractivity contribution >= 4 is 17.4 Å². The Bertz CT molecular complexity index is 1670. The predicted molar refractivity (Wildman–Crippen MR) is 155 cm³/mol. The van der Waals surface area contributed by atoms with Crippen LogP contribution in [0.15, 0.2) is 114 Å². The molecular weight excluding hydrogens is 484 g/mol. The molecule has 192 valence electrons. The molecular formula is C33H28N4O2. The Balaban J connectivity index is 1.51. The highest BCUT2D eigenvalue weighted by Gasteiger charge is 2.34. The Hall–Kier alpha value is -4.97. The van der Waals surface area contributed by atoms with Crippen LogP contribution < -0.4 is 5.01 Å². The third-order valence-corrected chi connectivity index (χ3v) is 7.10. The van der Waals surface area contributed by atoms with Crippen LogP contribution in [0.2, 0.25) is 0 Å². The number of aryl methyl sites for hydroxylation is 2. The number of carbonyl (C=O) groups is 1. The molecule has 1 unspecified atom stereocenters. The van der Waals surface area contributed by atoms with Gasteiger partial charge in [-0.1, -0.05) is 83.9 Å². The fourth-order valence-electron chi connectivity index (χ4n) is 4.97. The van der Waals surface area contributed by atoms with E-state index in [1.165, 1.54) is 11.1 Å². The first-order chi connectivity index (χ1) is 19.0. The fourth-order valence-corrected chi connectivity index (χ4v) is 4.97. The summed E-state index contributed by atoms with van der Waals surface area (Å²) < 4.78 is 1.92. The Kier molecular flexibility index (Phi) is 6.29. The molecule has 5 aromatic rings. The highest BCUT2D eigenvalue weighted by molar-refractivity contribution is 6.03. The Morgan fingerprint density at radius 3 is 2.10 bits per heavy atom. The number of nitrogens with zero attached hydrogens (tertiary/aromatic N) is 4. The zero-order valence-corrected chi connectivity index (χ0v) is 21.8. The van der Waals surface area contributed by atoms with Gasteiger partial charge in [-0.25, -0.2) is 9.48 Å². The maximum Gasteiger partial charge on any atom is 0.335 e. The molecule has 1 atom stereocenters. The van der Waals surface area contributed by atoms with E-state index >= 15 is 0 Å². The van der Waals surface area contributed by atoms with Gasteiger partial charge in [0.15, 0.2) is 0 Å². The van der Waals surface area contributed by atoms with E-state index in [0.29, 0.717) is 6.42 Å². The maximum absolute atomic E-state index is 11.8. The SMILES string of the molecule is Cc1ccc(C2=NN(c3cccc(C(=O)O)c3)C(c3cn(-c4ccccc4)nc3-c3ccc(C)cc3)C2)cc1. The second-order valence-electron chi connectivity index (χ2n) is 9.91. The van der Waals surface area contributed by atoms with Crippen molar-refractivity contribution in [2.45, 2.75) is 26.3 Å². The van der Waals surface area contributed by atoms with Gasteiger partial charge in [0.05, 0.1) is 34.4 Å². The van der Waals surface area contributed by atoms with Gasteiger partial charge in [-0.3, -0.25) is 5.01 Å². The van der Waals surface area contributed by atoms with E-state index in [0.717, 1.165) is 39.5 Å². The molecule has 1 aliphatic heterocycles. The standard InChI is InChI=1S/C33H28N4O2/c1-22-11-15-24(16-12-22)30-20-31(37(34-30)28-10-6-7-26(19-28)33(38)39)29-21-36(27-8-4-3-5-9-27)35-32(29)25-17-13-23(2)14-18-25/h3-19,21,31H,20H2,1-2H3,(H,38,39). The summed E-state index contributed by atoms with van der Waals surface area (Å²) in [6.07, 6.45) is 2.73. The van der Waals surface area contributed by atoms with E-state index in [1.807, 2.05) is 46.1 Å². The molecule has 6 nitrogen and oxygen atoms in total. The van der Waals surface area contributed by atoms with E-state index in [1.54, 1.807) is 18.2 Å². The Morgan fingerprint density at radius 2 is 1.44 bits per heavy atom. The van der Waals surface area contributed by atoms with Crippen LogP contribution >= 0.6 is 0 Å². The van der Waals surface area contributed by atoms with E-state index < -0.39 is 5.97 Å². The van der Waals surface area contributed by atoms with E-state index in [9.17, 15) is 9.90 Å². The third kappa shape index (κ3) is 4.84. The van der Waals surface area contributed by atoms with Crippen LogP contribution in [-0.2, 0) is 0 Å². The van der Waals surface area contributed by atoms with Crippen LogP contribution in [0.3, 0.4) is 0 Å². The largest absolute Gasteiger partial charge is 0.478 e. The summed E-state index contributed by atoms with van der Waals surface area (Å²) in [7, 11) is 0. The number of anilines is 1. The molecule has 1 aromatic heterocycles. The molecule has 0 saturated heterocycles. The van der Waals surface area contributed by atoms with Crippen molar-refractivity contribution in [1.29, 1.82) is 0 Å². The number of aromatic nitrogens is 2. The van der Waals surface area contributed by atoms with Crippen LogP contribution in [0.1, 0.15) is 45.1 Å². The molecule has 0 amide bonds. The fraction of sp³-hybridized carbons (Fsp3) is 0.121. The van der Waals surface area contributed by atoms with Gasteiger partial charge in [-0.05, 0) is 49.7 Å². The summed E-state index contributed by atoms with van der Waals surface area (Å²) in [5, 5.41) is 21.7. The summed E-state index contributed by atoms with van der Waals surface area (Å²) >= 11 is 0. The zero-order valence-electron chi connectivity index (χ0n) is 21.8. The highest BCUT2D eigenvalue weighted by atomic mass is 16.4. The number of hydrazone groups is 1. The summed E-state index contributed by atoms with van der Waals surface area (Å²) in [4.78, 5) is 11.8. The monoisotopic (exact) mass is 512 g/mol. The first-order valence-corrected chi connectivity index (χ1v) is 13.0. The lowest BCUT2D eigenvalue weighted by Gasteiger charge is -2.24. The van der Waals surface area contributed by atoms with Gasteiger partial charge in [0.1, 0.15) is 0 Å². The topological polar surface area (TPSA) is 70.7 Å². The molecule has 1 N–H and O–H groups in total. The van der Waals surface area contributed by atoms with Gasteiger partial charge in [0.25, 0.3) is 0 Å². The van der Waals surface area contributed by atoms with Gasteiger partial charge >= 0.3 is 5.97 Å². The van der Waals surface area contributed by atoms with Crippen molar-refractivity contribution < 1.29 is 9.90 Å². The van der Waals surface area contributed by atoms with E-state index in [4.69, 9.17) is 10.2 Å². The molecule has 0 aliphatic carbocycles. The lowest BCUT2D eigenvalue weighted by atomic mass is 9.95. The molecule has 4 aromatic carbocycles. The summed E-state index contributed by atoms with van der Waals surface area (Å²) in [5.74, 6) is -0.965. The minimum atomic E-state index is -0.965. The number of carboxylic acid groups (broad SMARTS) is 1. The van der Waals surface area contributed by atoms with Gasteiger partial charge in [-0.15, -0.1) is 0 Å². The number of para-hydroxylation sites is 1. The van der Waals surface area contributed by atoms with Crippen molar-refractivity contribution in [3.8, 4) is 16.9 Å². The van der Waals surface area contributed by atoms with Crippen molar-refractivity contribution in [2.24, 2.45) is 5.10 Å². The van der Waals surface area contributed by atoms with Gasteiger partial charge in [-0.2, -0.15) is 10.2 Å². The summed E-state index contributed by atoms with van der Waals surface area (Å²) in [5.41, 5.74) is 9.21. The van der Waals surface area contributed by atoms with Crippen LogP contribution in [0.5, 0.6) is 0 Å². The van der Waals surface area contributed by atoms with Crippen molar-refractivity contribution in [1.82, 2.24) is 9.78 Å². The number of benzene rings is 4. The molecule has 0 bridgehead atoms. The number of aromatic carboxylic acids is 1. The first kappa shape index (κ1) is 24.4. The second-order valence-corrected chi connectivity index (χ2v) is 9.91. The normalized spacial score (nSPS) is 14.9. The first-order valence-electron chi connectivity index (χ1n) is 13.0. The molecule has 1 aliphatic rings. The molecule has 6 heteroatoms. The van der Waals surface area contributed by atoms with Gasteiger partial charge in [0.2, 0.25) is 0 Å². The Morgan fingerprint density at radius 1 is 0.795 bits per heavy atom. The average Bonchev–Trinajstić information content (AvgIpc) is 3.60. The molecule has 39 heavy (non-hydrogen) atoms. The zero-order chi connectivity index (χ0) is 26.9. The van der Waals surface area contributed by atoms with E-state index in [-0.39, 0.29) is 11.6 Å². The smallest absolute Gasteiger partial charge is 0.335 e. The predicted octanol–water partition coefficient (Wildman–Crippen LogP) is 7.21. The molecule has 0 radical (unpaired) electrons. The third-order valence-electron chi connectivity index (χ3n) is 7.10. The minimum absolute atomic E-state index is 0.181. The number of hydrogen-bond acceptors (Lipinski definition) is 4. The average molecular weight is 513 g/mol. The quantitative estimate of drug-likeness (QED) is 0.261. The number of rotatable bonds is 6. The van der Waals surface area contributed by atoms with Crippen LogP contribution in [0.25, 0.3) is 16.9 Å². The molecule has 0 saturated carbocycles. The van der Waals surface area contributed by atoms with Crippen LogP contribution in [-0.4, -0.2) is 26.6 Å². The Labute approximate surface area is 227 Å². The lowest BCUT2D eigenvalue weighted by Crippen LogP contribution is -2.19. The van der Waals surface area contributed by atoms with Crippen molar-refractivity contribution in [3.63, 3.8) is 0 Å². The minimum Gasteiger partial charge on any atom is -0.478 e.